The summed E-state index contributed by atoms with van der Waals surface area (Å²) in [5.41, 5.74) is 5.02. The number of hydrogen-bond donors (Lipinski definition) is 2. The Morgan fingerprint density at radius 2 is 2.25 bits per heavy atom. The molecule has 0 heterocycles. The van der Waals surface area contributed by atoms with Gasteiger partial charge in [-0.25, -0.2) is 0 Å². The smallest absolute Gasteiger partial charge is 0.320 e. The first-order valence-electron chi connectivity index (χ1n) is 2.17. The molecule has 0 fully saturated rings. The van der Waals surface area contributed by atoms with E-state index in [0.717, 1.165) is 0 Å². The Labute approximate surface area is 70.5 Å². The molecule has 0 aromatic rings. The molecule has 0 aromatic heterocycles. The third-order valence-corrected chi connectivity index (χ3v) is 0.757. The summed E-state index contributed by atoms with van der Waals surface area (Å²) >= 11 is 0. The van der Waals surface area contributed by atoms with Crippen LogP contribution in [0.5, 0.6) is 0 Å². The third-order valence-electron chi connectivity index (χ3n) is 0.757. The molecule has 0 amide bonds. The maximum atomic E-state index is 9.81. The minimum absolute atomic E-state index is 0. The minimum Gasteiger partial charge on any atom is -0.480 e. The van der Waals surface area contributed by atoms with Crippen molar-refractivity contribution < 1.29 is 9.90 Å². The number of rotatable bonds is 2. The molecule has 43 valence electrons. The second kappa shape index (κ2) is 5.56. The maximum absolute atomic E-state index is 9.81. The molecule has 0 bridgehead atoms. The zero-order chi connectivity index (χ0) is 5.86. The van der Waals surface area contributed by atoms with Crippen LogP contribution in [0, 0.1) is 0 Å². The Morgan fingerprint density at radius 1 is 1.88 bits per heavy atom. The topological polar surface area (TPSA) is 63.3 Å². The molecule has 0 saturated heterocycles. The monoisotopic (exact) mass is 126 g/mol. The molecular formula is C4H9NNaO2. The van der Waals surface area contributed by atoms with Gasteiger partial charge in [-0.3, -0.25) is 4.79 Å². The van der Waals surface area contributed by atoms with Gasteiger partial charge in [0, 0.05) is 29.6 Å². The SMILES string of the molecule is CCC(N)C(=O)O.[Na]. The van der Waals surface area contributed by atoms with Crippen LogP contribution in [0.2, 0.25) is 0 Å². The Bertz CT molecular complexity index is 76.4. The van der Waals surface area contributed by atoms with Gasteiger partial charge in [0.2, 0.25) is 0 Å². The second-order valence-corrected chi connectivity index (χ2v) is 1.35. The van der Waals surface area contributed by atoms with E-state index in [1.807, 2.05) is 0 Å². The summed E-state index contributed by atoms with van der Waals surface area (Å²) in [6.07, 6.45) is 0.495. The van der Waals surface area contributed by atoms with Crippen LogP contribution < -0.4 is 5.73 Å². The molecule has 0 saturated carbocycles. The van der Waals surface area contributed by atoms with Crippen LogP contribution in [0.4, 0.5) is 0 Å². The Kier molecular flexibility index (Phi) is 7.83. The molecule has 3 N–H and O–H groups in total. The van der Waals surface area contributed by atoms with Crippen LogP contribution in [-0.2, 0) is 4.79 Å². The maximum Gasteiger partial charge on any atom is 0.320 e. The average molecular weight is 126 g/mol. The fraction of sp³-hybridized carbons (Fsp3) is 0.750. The number of nitrogens with two attached hydrogens (primary N) is 1. The van der Waals surface area contributed by atoms with Gasteiger partial charge in [0.05, 0.1) is 0 Å². The zero-order valence-corrected chi connectivity index (χ0v) is 7.22. The van der Waals surface area contributed by atoms with E-state index in [1.54, 1.807) is 6.92 Å². The van der Waals surface area contributed by atoms with E-state index < -0.39 is 12.0 Å². The standard InChI is InChI=1S/C4H9NO2.Na/c1-2-3(5)4(6)7;/h3H,2,5H2,1H3,(H,6,7);. The zero-order valence-electron chi connectivity index (χ0n) is 5.22. The number of carbonyl (C=O) groups is 1. The molecular weight excluding hydrogens is 117 g/mol. The molecule has 0 aromatic carbocycles. The van der Waals surface area contributed by atoms with E-state index in [1.165, 1.54) is 0 Å². The van der Waals surface area contributed by atoms with Gasteiger partial charge < -0.3 is 10.8 Å². The van der Waals surface area contributed by atoms with Gasteiger partial charge in [-0.1, -0.05) is 6.92 Å². The number of carboxylic acid groups (broad SMARTS) is 1. The summed E-state index contributed by atoms with van der Waals surface area (Å²) in [7, 11) is 0. The van der Waals surface area contributed by atoms with Crippen LogP contribution in [0.3, 0.4) is 0 Å². The van der Waals surface area contributed by atoms with Gasteiger partial charge in [-0.05, 0) is 6.42 Å². The molecule has 1 atom stereocenters. The molecule has 1 radical (unpaired) electrons. The number of carboxylic acids is 1. The summed E-state index contributed by atoms with van der Waals surface area (Å²) < 4.78 is 0. The van der Waals surface area contributed by atoms with Crippen LogP contribution in [0.15, 0.2) is 0 Å². The van der Waals surface area contributed by atoms with Crippen LogP contribution in [0.25, 0.3) is 0 Å². The van der Waals surface area contributed by atoms with Gasteiger partial charge in [0.15, 0.2) is 0 Å². The minimum atomic E-state index is -0.928. The molecule has 0 spiro atoms. The largest absolute Gasteiger partial charge is 0.480 e. The van der Waals surface area contributed by atoms with Crippen molar-refractivity contribution in [1.29, 1.82) is 0 Å². The average Bonchev–Trinajstić information content (AvgIpc) is 1.65. The first-order chi connectivity index (χ1) is 3.18. The molecule has 3 nitrogen and oxygen atoms in total. The van der Waals surface area contributed by atoms with Crippen molar-refractivity contribution in [2.75, 3.05) is 0 Å². The van der Waals surface area contributed by atoms with Gasteiger partial charge >= 0.3 is 5.97 Å². The van der Waals surface area contributed by atoms with Crippen molar-refractivity contribution >= 4 is 35.5 Å². The van der Waals surface area contributed by atoms with E-state index >= 15 is 0 Å². The van der Waals surface area contributed by atoms with Crippen LogP contribution in [-0.4, -0.2) is 46.7 Å². The first-order valence-corrected chi connectivity index (χ1v) is 2.17. The Morgan fingerprint density at radius 3 is 2.25 bits per heavy atom. The van der Waals surface area contributed by atoms with Gasteiger partial charge in [-0.2, -0.15) is 0 Å². The molecule has 1 unspecified atom stereocenters. The quantitative estimate of drug-likeness (QED) is 0.487. The molecule has 0 aliphatic rings. The van der Waals surface area contributed by atoms with Crippen molar-refractivity contribution in [2.45, 2.75) is 19.4 Å². The molecule has 0 aliphatic heterocycles. The Hall–Kier alpha value is 0.430. The molecule has 4 heteroatoms. The van der Waals surface area contributed by atoms with Crippen molar-refractivity contribution in [3.63, 3.8) is 0 Å². The number of hydrogen-bond acceptors (Lipinski definition) is 2. The summed E-state index contributed by atoms with van der Waals surface area (Å²) in [4.78, 5) is 9.81. The predicted molar refractivity (Wildman–Crippen MR) is 31.7 cm³/mol. The van der Waals surface area contributed by atoms with Crippen LogP contribution >= 0.6 is 0 Å². The summed E-state index contributed by atoms with van der Waals surface area (Å²) in [6, 6.07) is -0.681. The third kappa shape index (κ3) is 4.59. The fourth-order valence-corrected chi connectivity index (χ4v) is 0.175. The normalized spacial score (nSPS) is 11.8. The van der Waals surface area contributed by atoms with E-state index in [4.69, 9.17) is 10.8 Å². The van der Waals surface area contributed by atoms with E-state index in [-0.39, 0.29) is 29.6 Å². The molecule has 8 heavy (non-hydrogen) atoms. The fourth-order valence-electron chi connectivity index (χ4n) is 0.175. The van der Waals surface area contributed by atoms with Crippen molar-refractivity contribution in [3.8, 4) is 0 Å². The van der Waals surface area contributed by atoms with Gasteiger partial charge in [-0.15, -0.1) is 0 Å². The predicted octanol–water partition coefficient (Wildman–Crippen LogP) is -0.573. The van der Waals surface area contributed by atoms with Gasteiger partial charge in [0.25, 0.3) is 0 Å². The summed E-state index contributed by atoms with van der Waals surface area (Å²) in [6.45, 7) is 1.73. The van der Waals surface area contributed by atoms with E-state index in [9.17, 15) is 4.79 Å². The van der Waals surface area contributed by atoms with Crippen LogP contribution in [0.1, 0.15) is 13.3 Å². The summed E-state index contributed by atoms with van der Waals surface area (Å²) in [5.74, 6) is -0.928. The van der Waals surface area contributed by atoms with Crippen molar-refractivity contribution in [3.05, 3.63) is 0 Å². The molecule has 0 rings (SSSR count). The van der Waals surface area contributed by atoms with Crippen molar-refractivity contribution in [2.24, 2.45) is 5.73 Å². The first kappa shape index (κ1) is 11.3. The number of aliphatic carboxylic acids is 1. The van der Waals surface area contributed by atoms with Crippen molar-refractivity contribution in [1.82, 2.24) is 0 Å². The summed E-state index contributed by atoms with van der Waals surface area (Å²) in [5, 5.41) is 8.06. The Balaban J connectivity index is 0. The van der Waals surface area contributed by atoms with E-state index in [0.29, 0.717) is 6.42 Å². The molecule has 0 aliphatic carbocycles. The van der Waals surface area contributed by atoms with Gasteiger partial charge in [0.1, 0.15) is 6.04 Å². The van der Waals surface area contributed by atoms with E-state index in [2.05, 4.69) is 0 Å². The second-order valence-electron chi connectivity index (χ2n) is 1.35.